The number of aromatic nitrogens is 1. The number of hydrogen-bond acceptors (Lipinski definition) is 14. The summed E-state index contributed by atoms with van der Waals surface area (Å²) in [5.41, 5.74) is 10.4. The van der Waals surface area contributed by atoms with Crippen molar-refractivity contribution in [3.63, 3.8) is 0 Å². The molecule has 2 heterocycles. The van der Waals surface area contributed by atoms with Gasteiger partial charge in [0.15, 0.2) is 16.6 Å². The van der Waals surface area contributed by atoms with Crippen LogP contribution in [0.5, 0.6) is 5.75 Å². The summed E-state index contributed by atoms with van der Waals surface area (Å²) in [5.74, 6) is -3.89. The fourth-order valence-corrected chi connectivity index (χ4v) is 4.90. The molecule has 16 nitrogen and oxygen atoms in total. The predicted molar refractivity (Wildman–Crippen MR) is 149 cm³/mol. The molecule has 18 heteroatoms. The maximum atomic E-state index is 13.2. The van der Waals surface area contributed by atoms with Crippen LogP contribution < -0.4 is 16.2 Å². The van der Waals surface area contributed by atoms with E-state index in [1.54, 1.807) is 24.3 Å². The van der Waals surface area contributed by atoms with E-state index < -0.39 is 64.4 Å². The second-order valence-electron chi connectivity index (χ2n) is 9.62. The molecular formula is C24H30N6O10S2. The zero-order chi connectivity index (χ0) is 31.2. The number of anilines is 1. The van der Waals surface area contributed by atoms with Gasteiger partial charge in [0, 0.05) is 17.5 Å². The van der Waals surface area contributed by atoms with Crippen molar-refractivity contribution < 1.29 is 46.3 Å². The summed E-state index contributed by atoms with van der Waals surface area (Å²) in [7, 11) is -4.99. The van der Waals surface area contributed by atoms with E-state index in [4.69, 9.17) is 31.0 Å². The van der Waals surface area contributed by atoms with Crippen molar-refractivity contribution in [1.29, 1.82) is 5.41 Å². The first kappa shape index (κ1) is 32.5. The number of hydrogen-bond donors (Lipinski definition) is 5. The van der Waals surface area contributed by atoms with E-state index >= 15 is 0 Å². The summed E-state index contributed by atoms with van der Waals surface area (Å²) in [4.78, 5) is 46.7. The van der Waals surface area contributed by atoms with Crippen LogP contribution in [0.3, 0.4) is 0 Å². The molecule has 1 amide bonds. The molecule has 0 radical (unpaired) electrons. The van der Waals surface area contributed by atoms with Crippen molar-refractivity contribution in [3.05, 3.63) is 40.9 Å². The summed E-state index contributed by atoms with van der Waals surface area (Å²) >= 11 is 0.977. The molecular weight excluding hydrogens is 596 g/mol. The van der Waals surface area contributed by atoms with E-state index in [1.807, 2.05) is 0 Å². The Labute approximate surface area is 244 Å². The van der Waals surface area contributed by atoms with Gasteiger partial charge in [-0.1, -0.05) is 5.16 Å². The van der Waals surface area contributed by atoms with Gasteiger partial charge in [0.25, 0.3) is 12.0 Å². The number of carboxylic acids is 1. The number of hydroxylamine groups is 2. The number of nitrogens with two attached hydrogens (primary N) is 2. The molecule has 1 aromatic heterocycles. The molecule has 0 saturated carbocycles. The van der Waals surface area contributed by atoms with Crippen molar-refractivity contribution in [2.24, 2.45) is 16.8 Å². The molecule has 42 heavy (non-hydrogen) atoms. The monoisotopic (exact) mass is 626 g/mol. The Balaban J connectivity index is 1.72. The first-order valence-electron chi connectivity index (χ1n) is 12.4. The summed E-state index contributed by atoms with van der Waals surface area (Å²) in [6.45, 7) is 2.80. The largest absolute Gasteiger partial charge is 0.489 e. The fourth-order valence-electron chi connectivity index (χ4n) is 3.90. The van der Waals surface area contributed by atoms with Crippen LogP contribution in [-0.4, -0.2) is 82.0 Å². The highest BCUT2D eigenvalue weighted by atomic mass is 32.3. The molecule has 0 bridgehead atoms. The third-order valence-corrected chi connectivity index (χ3v) is 7.25. The summed E-state index contributed by atoms with van der Waals surface area (Å²) in [6, 6.07) is 6.43. The number of nitrogen functional groups attached to an aromatic ring is 1. The molecule has 3 rings (SSSR count). The Bertz CT molecular complexity index is 1470. The lowest BCUT2D eigenvalue weighted by molar-refractivity contribution is -0.228. The van der Waals surface area contributed by atoms with Crippen molar-refractivity contribution in [3.8, 4) is 5.75 Å². The molecule has 228 valence electrons. The number of ketones is 1. The highest BCUT2D eigenvalue weighted by Crippen LogP contribution is 2.40. The molecule has 1 unspecified atom stereocenters. The minimum absolute atomic E-state index is 0.0316. The average Bonchev–Trinajstić information content (AvgIpc) is 3.35. The number of carboxylic acid groups (broad SMARTS) is 1. The lowest BCUT2D eigenvalue weighted by Crippen LogP contribution is -2.68. The number of β-lactam (4-membered cyclic amide) rings is 1. The second kappa shape index (κ2) is 13.3. The molecule has 0 aliphatic carbocycles. The molecule has 2 atom stereocenters. The van der Waals surface area contributed by atoms with E-state index in [0.29, 0.717) is 41.5 Å². The number of Topliss-reactive ketones (excluding diaryl/α,β-unsaturated/α-hetero) is 1. The van der Waals surface area contributed by atoms with Crippen LogP contribution in [-0.2, 0) is 33.9 Å². The quantitative estimate of drug-likeness (QED) is 0.0755. The first-order chi connectivity index (χ1) is 19.6. The zero-order valence-electron chi connectivity index (χ0n) is 22.6. The first-order valence-corrected chi connectivity index (χ1v) is 14.6. The predicted octanol–water partition coefficient (Wildman–Crippen LogP) is 1.02. The van der Waals surface area contributed by atoms with Crippen LogP contribution in [0.2, 0.25) is 0 Å². The number of rotatable bonds is 16. The highest BCUT2D eigenvalue weighted by molar-refractivity contribution is 7.80. The van der Waals surface area contributed by atoms with Crippen molar-refractivity contribution in [2.75, 3.05) is 18.9 Å². The molecule has 1 aromatic carbocycles. The van der Waals surface area contributed by atoms with E-state index in [1.165, 1.54) is 19.2 Å². The molecule has 1 aliphatic rings. The van der Waals surface area contributed by atoms with E-state index in [0.717, 1.165) is 11.3 Å². The molecule has 1 saturated heterocycles. The van der Waals surface area contributed by atoms with Crippen LogP contribution in [0.4, 0.5) is 5.13 Å². The molecule has 7 N–H and O–H groups in total. The Kier molecular flexibility index (Phi) is 10.3. The van der Waals surface area contributed by atoms with Crippen LogP contribution >= 0.6 is 11.3 Å². The maximum absolute atomic E-state index is 13.2. The molecule has 1 aliphatic heterocycles. The number of benzene rings is 1. The van der Waals surface area contributed by atoms with E-state index in [9.17, 15) is 27.9 Å². The topological polar surface area (TPSA) is 258 Å². The van der Waals surface area contributed by atoms with Gasteiger partial charge < -0.3 is 31.6 Å². The Morgan fingerprint density at radius 1 is 1.29 bits per heavy atom. The van der Waals surface area contributed by atoms with Crippen LogP contribution in [0.1, 0.15) is 44.4 Å². The summed E-state index contributed by atoms with van der Waals surface area (Å²) in [6.07, 6.45) is -0.981. The number of carbonyl (C=O) groups excluding carboxylic acids is 2. The van der Waals surface area contributed by atoms with Gasteiger partial charge >= 0.3 is 16.4 Å². The number of carbonyl (C=O) groups is 3. The number of nitrogens with zero attached hydrogens (tertiary/aromatic N) is 3. The SMILES string of the molecule is CC1(C)[C@H](CC(=O)/C(=N\OC(COc2ccc(C(=N)CCCN)cc2)C(=O)O)c2csc(N)n2)C(=O)N1OS(=O)(=O)O. The van der Waals surface area contributed by atoms with Crippen molar-refractivity contribution >= 4 is 56.0 Å². The Hall–Kier alpha value is -3.97. The van der Waals surface area contributed by atoms with Crippen molar-refractivity contribution in [2.45, 2.75) is 44.8 Å². The summed E-state index contributed by atoms with van der Waals surface area (Å²) < 4.78 is 40.8. The van der Waals surface area contributed by atoms with E-state index in [-0.39, 0.29) is 10.8 Å². The molecule has 0 spiro atoms. The standard InChI is InChI=1S/C24H30N6O10S2/c1-24(2)15(21(32)30(24)40-42(35,36)37)10-18(31)20(17-12-41-23(27)28-17)29-39-19(22(33)34)11-38-14-7-5-13(6-8-14)16(26)4-3-9-25/h5-8,12,15,19,26H,3-4,9-11,25H2,1-2H3,(H2,27,28)(H,33,34)(H,35,36,37)/b26-16?,29-20-/t15-,19?/m1/s1. The van der Waals surface area contributed by atoms with E-state index in [2.05, 4.69) is 14.4 Å². The number of ether oxygens (including phenoxy) is 1. The van der Waals surface area contributed by atoms with Crippen LogP contribution in [0.15, 0.2) is 34.8 Å². The normalized spacial score (nSPS) is 17.3. The number of aliphatic carboxylic acids is 1. The average molecular weight is 627 g/mol. The zero-order valence-corrected chi connectivity index (χ0v) is 24.2. The van der Waals surface area contributed by atoms with Gasteiger partial charge in [-0.15, -0.1) is 15.6 Å². The number of amides is 1. The molecule has 1 fully saturated rings. The minimum Gasteiger partial charge on any atom is -0.489 e. The smallest absolute Gasteiger partial charge is 0.418 e. The maximum Gasteiger partial charge on any atom is 0.418 e. The number of thiazole rings is 1. The third-order valence-electron chi connectivity index (χ3n) is 6.24. The van der Waals surface area contributed by atoms with Gasteiger partial charge in [-0.05, 0) is 63.1 Å². The Morgan fingerprint density at radius 2 is 1.95 bits per heavy atom. The van der Waals surface area contributed by atoms with Gasteiger partial charge in [0.2, 0.25) is 0 Å². The number of nitrogens with one attached hydrogen (secondary N) is 1. The van der Waals surface area contributed by atoms with Crippen molar-refractivity contribution in [1.82, 2.24) is 10.0 Å². The summed E-state index contributed by atoms with van der Waals surface area (Å²) in [5, 5.41) is 23.3. The Morgan fingerprint density at radius 3 is 2.48 bits per heavy atom. The van der Waals surface area contributed by atoms with Gasteiger partial charge in [0.1, 0.15) is 18.1 Å². The minimum atomic E-state index is -4.99. The third kappa shape index (κ3) is 8.07. The van der Waals surface area contributed by atoms with Gasteiger partial charge in [-0.3, -0.25) is 14.1 Å². The van der Waals surface area contributed by atoms with Gasteiger partial charge in [-0.25, -0.2) is 9.78 Å². The van der Waals surface area contributed by atoms with Gasteiger partial charge in [-0.2, -0.15) is 13.5 Å². The van der Waals surface area contributed by atoms with Gasteiger partial charge in [0.05, 0.1) is 11.5 Å². The highest BCUT2D eigenvalue weighted by Gasteiger charge is 2.57. The molecule has 2 aromatic rings. The lowest BCUT2D eigenvalue weighted by Gasteiger charge is -2.50. The number of oxime groups is 1. The van der Waals surface area contributed by atoms with Crippen LogP contribution in [0, 0.1) is 11.3 Å². The second-order valence-corrected chi connectivity index (χ2v) is 11.5. The van der Waals surface area contributed by atoms with Crippen LogP contribution in [0.25, 0.3) is 0 Å². The fraction of sp³-hybridized carbons (Fsp3) is 0.417. The lowest BCUT2D eigenvalue weighted by atomic mass is 9.74.